The lowest BCUT2D eigenvalue weighted by Crippen LogP contribution is -2.57. The molecule has 4 aliphatic carbocycles. The first-order chi connectivity index (χ1) is 16.7. The lowest BCUT2D eigenvalue weighted by atomic mass is 9.44. The van der Waals surface area contributed by atoms with Crippen LogP contribution >= 0.6 is 0 Å². The Hall–Kier alpha value is -0.980. The van der Waals surface area contributed by atoms with Crippen molar-refractivity contribution in [3.63, 3.8) is 0 Å². The van der Waals surface area contributed by atoms with Crippen molar-refractivity contribution in [1.29, 1.82) is 0 Å². The molecule has 6 nitrogen and oxygen atoms in total. The predicted octanol–water partition coefficient (Wildman–Crippen LogP) is 4.48. The quantitative estimate of drug-likeness (QED) is 0.480. The van der Waals surface area contributed by atoms with Crippen LogP contribution in [0.5, 0.6) is 0 Å². The molecule has 0 radical (unpaired) electrons. The van der Waals surface area contributed by atoms with Gasteiger partial charge in [-0.3, -0.25) is 14.5 Å². The molecule has 4 saturated carbocycles. The van der Waals surface area contributed by atoms with E-state index in [4.69, 9.17) is 9.47 Å². The molecule has 200 valence electrons. The van der Waals surface area contributed by atoms with Crippen LogP contribution in [0, 0.1) is 40.4 Å². The highest BCUT2D eigenvalue weighted by molar-refractivity contribution is 5.85. The van der Waals surface area contributed by atoms with E-state index in [0.717, 1.165) is 51.6 Å². The van der Waals surface area contributed by atoms with E-state index in [9.17, 15) is 14.7 Å². The Labute approximate surface area is 212 Å². The summed E-state index contributed by atoms with van der Waals surface area (Å²) in [6.07, 6.45) is 8.12. The number of hydrogen-bond acceptors (Lipinski definition) is 6. The maximum Gasteiger partial charge on any atom is 0.320 e. The van der Waals surface area contributed by atoms with E-state index >= 15 is 0 Å². The number of carbonyl (C=O) groups is 2. The van der Waals surface area contributed by atoms with Crippen molar-refractivity contribution >= 4 is 11.8 Å². The predicted molar refractivity (Wildman–Crippen MR) is 136 cm³/mol. The monoisotopic (exact) mass is 491 g/mol. The van der Waals surface area contributed by atoms with Crippen LogP contribution in [-0.4, -0.2) is 66.8 Å². The molecule has 4 rings (SSSR count). The molecule has 4 fully saturated rings. The van der Waals surface area contributed by atoms with E-state index in [1.807, 2.05) is 25.7 Å². The van der Waals surface area contributed by atoms with Crippen molar-refractivity contribution in [2.75, 3.05) is 32.8 Å². The minimum Gasteiger partial charge on any atom is -0.457 e. The van der Waals surface area contributed by atoms with E-state index in [-0.39, 0.29) is 53.9 Å². The summed E-state index contributed by atoms with van der Waals surface area (Å²) in [5, 5.41) is 10.7. The molecule has 0 aromatic carbocycles. The fourth-order valence-electron chi connectivity index (χ4n) is 9.09. The second kappa shape index (κ2) is 10.8. The van der Waals surface area contributed by atoms with E-state index < -0.39 is 0 Å². The number of nitrogens with zero attached hydrogens (tertiary/aromatic N) is 1. The fourth-order valence-corrected chi connectivity index (χ4v) is 9.09. The lowest BCUT2D eigenvalue weighted by molar-refractivity contribution is -0.172. The Morgan fingerprint density at radius 3 is 2.37 bits per heavy atom. The molecule has 35 heavy (non-hydrogen) atoms. The average Bonchev–Trinajstić information content (AvgIpc) is 3.19. The van der Waals surface area contributed by atoms with Crippen LogP contribution in [0.15, 0.2) is 0 Å². The summed E-state index contributed by atoms with van der Waals surface area (Å²) < 4.78 is 11.4. The number of carbonyl (C=O) groups excluding carboxylic acids is 2. The van der Waals surface area contributed by atoms with Gasteiger partial charge in [0.15, 0.2) is 5.78 Å². The van der Waals surface area contributed by atoms with Crippen LogP contribution < -0.4 is 0 Å². The molecule has 0 bridgehead atoms. The maximum absolute atomic E-state index is 13.3. The first-order valence-electron chi connectivity index (χ1n) is 14.4. The molecule has 4 aliphatic rings. The normalized spacial score (nSPS) is 42.8. The van der Waals surface area contributed by atoms with Gasteiger partial charge in [-0.1, -0.05) is 27.7 Å². The molecule has 0 unspecified atom stereocenters. The summed E-state index contributed by atoms with van der Waals surface area (Å²) in [6, 6.07) is 0. The number of hydrogen-bond donors (Lipinski definition) is 1. The number of fused-ring (bicyclic) bond motifs is 5. The zero-order valence-corrected chi connectivity index (χ0v) is 22.8. The second-order valence-corrected chi connectivity index (χ2v) is 12.4. The molecule has 0 heterocycles. The molecule has 0 amide bonds. The number of likely N-dealkylation sites (N-methyl/N-ethyl adjacent to an activating group) is 1. The number of Topliss-reactive ketones (excluding diaryl/α,β-unsaturated/α-hetero) is 1. The zero-order chi connectivity index (χ0) is 25.4. The molecule has 0 aromatic heterocycles. The first kappa shape index (κ1) is 27.1. The Balaban J connectivity index is 1.42. The molecular weight excluding hydrogens is 442 g/mol. The summed E-state index contributed by atoms with van der Waals surface area (Å²) in [6.45, 7) is 13.3. The SMILES string of the molecule is CCO[C@H]1C[C@@]2(C)[C@@H](CC[C@@H]3[C@@H]2CC[C@]2(C)[C@@H](C(=O)COC(=O)CN(CC)CC)CC[C@@H]32)C[C@@H]1O. The summed E-state index contributed by atoms with van der Waals surface area (Å²) in [7, 11) is 0. The molecule has 9 atom stereocenters. The average molecular weight is 492 g/mol. The van der Waals surface area contributed by atoms with Gasteiger partial charge < -0.3 is 14.6 Å². The van der Waals surface area contributed by atoms with Crippen LogP contribution in [0.2, 0.25) is 0 Å². The standard InChI is InChI=1S/C29H49NO5/c1-6-30(7-2)17-27(33)35-18-25(32)23-12-11-21-20-10-9-19-15-24(31)26(34-8-3)16-29(19,5)22(20)13-14-28(21,23)4/h19-24,26,31H,6-18H2,1-5H3/t19-,20-,21-,22-,23+,24-,26-,28-,29-/m0/s1. The van der Waals surface area contributed by atoms with Gasteiger partial charge >= 0.3 is 5.97 Å². The number of ketones is 1. The molecule has 0 aromatic rings. The van der Waals surface area contributed by atoms with Gasteiger partial charge in [-0.2, -0.15) is 0 Å². The van der Waals surface area contributed by atoms with Crippen LogP contribution in [0.3, 0.4) is 0 Å². The molecular formula is C29H49NO5. The van der Waals surface area contributed by atoms with Gasteiger partial charge in [-0.25, -0.2) is 0 Å². The highest BCUT2D eigenvalue weighted by Crippen LogP contribution is 2.67. The zero-order valence-electron chi connectivity index (χ0n) is 22.8. The Morgan fingerprint density at radius 2 is 1.69 bits per heavy atom. The lowest BCUT2D eigenvalue weighted by Gasteiger charge is -2.61. The van der Waals surface area contributed by atoms with Gasteiger partial charge in [0.1, 0.15) is 6.61 Å². The largest absolute Gasteiger partial charge is 0.457 e. The van der Waals surface area contributed by atoms with Crippen molar-refractivity contribution in [1.82, 2.24) is 4.90 Å². The highest BCUT2D eigenvalue weighted by atomic mass is 16.5. The van der Waals surface area contributed by atoms with Gasteiger partial charge in [0, 0.05) is 12.5 Å². The van der Waals surface area contributed by atoms with Crippen LogP contribution in [0.1, 0.15) is 86.0 Å². The van der Waals surface area contributed by atoms with Gasteiger partial charge in [0.25, 0.3) is 0 Å². The van der Waals surface area contributed by atoms with Crippen LogP contribution in [0.4, 0.5) is 0 Å². The third-order valence-electron chi connectivity index (χ3n) is 11.1. The van der Waals surface area contributed by atoms with Crippen molar-refractivity contribution in [2.24, 2.45) is 40.4 Å². The first-order valence-corrected chi connectivity index (χ1v) is 14.4. The smallest absolute Gasteiger partial charge is 0.320 e. The van der Waals surface area contributed by atoms with Crippen molar-refractivity contribution in [3.05, 3.63) is 0 Å². The maximum atomic E-state index is 13.3. The third kappa shape index (κ3) is 4.96. The molecule has 0 spiro atoms. The van der Waals surface area contributed by atoms with Crippen molar-refractivity contribution < 1.29 is 24.2 Å². The number of aliphatic hydroxyl groups excluding tert-OH is 1. The number of esters is 1. The summed E-state index contributed by atoms with van der Waals surface area (Å²) in [5.41, 5.74) is 0.228. The topological polar surface area (TPSA) is 76.1 Å². The Kier molecular flexibility index (Phi) is 8.34. The van der Waals surface area contributed by atoms with Crippen LogP contribution in [-0.2, 0) is 19.1 Å². The van der Waals surface area contributed by atoms with Gasteiger partial charge in [-0.05, 0) is 106 Å². The van der Waals surface area contributed by atoms with Crippen molar-refractivity contribution in [2.45, 2.75) is 98.2 Å². The van der Waals surface area contributed by atoms with E-state index in [1.54, 1.807) is 0 Å². The minimum atomic E-state index is -0.337. The Bertz CT molecular complexity index is 768. The molecule has 0 saturated heterocycles. The Morgan fingerprint density at radius 1 is 0.971 bits per heavy atom. The van der Waals surface area contributed by atoms with Crippen molar-refractivity contribution in [3.8, 4) is 0 Å². The van der Waals surface area contributed by atoms with Gasteiger partial charge in [0.2, 0.25) is 0 Å². The molecule has 1 N–H and O–H groups in total. The summed E-state index contributed by atoms with van der Waals surface area (Å²) in [5.74, 6) is 2.27. The number of rotatable bonds is 9. The molecule has 6 heteroatoms. The molecule has 0 aliphatic heterocycles. The number of ether oxygens (including phenoxy) is 2. The second-order valence-electron chi connectivity index (χ2n) is 12.4. The summed E-state index contributed by atoms with van der Waals surface area (Å²) in [4.78, 5) is 27.6. The van der Waals surface area contributed by atoms with E-state index in [1.165, 1.54) is 12.8 Å². The minimum absolute atomic E-state index is 0.00424. The number of aliphatic hydroxyl groups is 1. The van der Waals surface area contributed by atoms with Crippen LogP contribution in [0.25, 0.3) is 0 Å². The third-order valence-corrected chi connectivity index (χ3v) is 11.1. The highest BCUT2D eigenvalue weighted by Gasteiger charge is 2.62. The summed E-state index contributed by atoms with van der Waals surface area (Å²) >= 11 is 0. The van der Waals surface area contributed by atoms with E-state index in [2.05, 4.69) is 13.8 Å². The van der Waals surface area contributed by atoms with E-state index in [0.29, 0.717) is 30.3 Å². The fraction of sp³-hybridized carbons (Fsp3) is 0.931. The van der Waals surface area contributed by atoms with Gasteiger partial charge in [0.05, 0.1) is 18.8 Å². The van der Waals surface area contributed by atoms with Gasteiger partial charge in [-0.15, -0.1) is 0 Å².